The van der Waals surface area contributed by atoms with Gasteiger partial charge in [0.2, 0.25) is 5.88 Å². The van der Waals surface area contributed by atoms with Gasteiger partial charge in [0.15, 0.2) is 17.7 Å². The highest BCUT2D eigenvalue weighted by Gasteiger charge is 2.30. The first-order chi connectivity index (χ1) is 14.8. The molecule has 1 aliphatic rings. The molecule has 31 heavy (non-hydrogen) atoms. The summed E-state index contributed by atoms with van der Waals surface area (Å²) in [5.41, 5.74) is 2.32. The number of furan rings is 1. The van der Waals surface area contributed by atoms with Gasteiger partial charge in [-0.25, -0.2) is 9.78 Å². The van der Waals surface area contributed by atoms with Gasteiger partial charge in [-0.05, 0) is 39.7 Å². The molecule has 1 amide bonds. The van der Waals surface area contributed by atoms with E-state index in [0.717, 1.165) is 24.1 Å². The normalized spacial score (nSPS) is 17.0. The number of nitrogens with zero attached hydrogens (tertiary/aromatic N) is 4. The highest BCUT2D eigenvalue weighted by atomic mass is 16.6. The average molecular weight is 426 g/mol. The molecule has 0 spiro atoms. The summed E-state index contributed by atoms with van der Waals surface area (Å²) >= 11 is 0. The fourth-order valence-electron chi connectivity index (χ4n) is 3.78. The molecule has 4 rings (SSSR count). The van der Waals surface area contributed by atoms with Crippen LogP contribution in [0.3, 0.4) is 0 Å². The number of hydrogen-bond acceptors (Lipinski definition) is 7. The van der Waals surface area contributed by atoms with Crippen LogP contribution in [0.25, 0.3) is 16.8 Å². The second-order valence-electron chi connectivity index (χ2n) is 8.64. The summed E-state index contributed by atoms with van der Waals surface area (Å²) in [5, 5.41) is 4.39. The second kappa shape index (κ2) is 8.05. The van der Waals surface area contributed by atoms with Crippen molar-refractivity contribution in [2.75, 3.05) is 20.2 Å². The predicted molar refractivity (Wildman–Crippen MR) is 112 cm³/mol. The van der Waals surface area contributed by atoms with E-state index in [0.29, 0.717) is 36.5 Å². The Morgan fingerprint density at radius 3 is 2.81 bits per heavy atom. The molecule has 0 bridgehead atoms. The summed E-state index contributed by atoms with van der Waals surface area (Å²) < 4.78 is 18.0. The number of aldehydes is 1. The van der Waals surface area contributed by atoms with Crippen LogP contribution in [0, 0.1) is 0 Å². The third-order valence-corrected chi connectivity index (χ3v) is 5.21. The summed E-state index contributed by atoms with van der Waals surface area (Å²) in [4.78, 5) is 30.2. The molecule has 1 fully saturated rings. The van der Waals surface area contributed by atoms with Crippen LogP contribution < -0.4 is 4.74 Å². The van der Waals surface area contributed by atoms with E-state index < -0.39 is 5.60 Å². The highest BCUT2D eigenvalue weighted by Crippen LogP contribution is 2.32. The molecule has 0 aliphatic carbocycles. The maximum Gasteiger partial charge on any atom is 0.410 e. The maximum atomic E-state index is 12.6. The molecule has 9 nitrogen and oxygen atoms in total. The Hall–Kier alpha value is -3.36. The lowest BCUT2D eigenvalue weighted by Crippen LogP contribution is -2.42. The van der Waals surface area contributed by atoms with Gasteiger partial charge in [-0.15, -0.1) is 0 Å². The van der Waals surface area contributed by atoms with Gasteiger partial charge in [-0.3, -0.25) is 4.79 Å². The second-order valence-corrected chi connectivity index (χ2v) is 8.64. The molecule has 4 heterocycles. The quantitative estimate of drug-likeness (QED) is 0.583. The van der Waals surface area contributed by atoms with E-state index in [9.17, 15) is 9.59 Å². The van der Waals surface area contributed by atoms with Gasteiger partial charge in [0, 0.05) is 36.2 Å². The molecule has 1 saturated heterocycles. The number of carbonyl (C=O) groups excluding carboxylic acids is 2. The zero-order valence-corrected chi connectivity index (χ0v) is 18.1. The Balaban J connectivity index is 1.68. The monoisotopic (exact) mass is 426 g/mol. The third kappa shape index (κ3) is 4.26. The van der Waals surface area contributed by atoms with Crippen LogP contribution in [0.5, 0.6) is 5.88 Å². The Kier molecular flexibility index (Phi) is 5.43. The number of hydrogen-bond donors (Lipinski definition) is 0. The molecular formula is C22H26N4O5. The first-order valence-corrected chi connectivity index (χ1v) is 10.2. The van der Waals surface area contributed by atoms with Crippen LogP contribution in [-0.2, 0) is 4.74 Å². The summed E-state index contributed by atoms with van der Waals surface area (Å²) in [5.74, 6) is 0.815. The van der Waals surface area contributed by atoms with Crippen LogP contribution in [-0.4, -0.2) is 57.7 Å². The lowest BCUT2D eigenvalue weighted by molar-refractivity contribution is 0.0197. The minimum Gasteiger partial charge on any atom is -0.481 e. The molecule has 3 aromatic heterocycles. The molecule has 3 aromatic rings. The van der Waals surface area contributed by atoms with Crippen LogP contribution in [0.1, 0.15) is 55.8 Å². The first-order valence-electron chi connectivity index (χ1n) is 10.2. The topological polar surface area (TPSA) is 99.2 Å². The minimum atomic E-state index is -0.540. The van der Waals surface area contributed by atoms with E-state index in [1.54, 1.807) is 28.8 Å². The van der Waals surface area contributed by atoms with Crippen LogP contribution in [0.2, 0.25) is 0 Å². The van der Waals surface area contributed by atoms with Gasteiger partial charge in [0.1, 0.15) is 5.60 Å². The molecule has 1 aliphatic heterocycles. The van der Waals surface area contributed by atoms with E-state index >= 15 is 0 Å². The number of rotatable bonds is 4. The van der Waals surface area contributed by atoms with Crippen molar-refractivity contribution in [3.8, 4) is 17.0 Å². The zero-order chi connectivity index (χ0) is 22.2. The van der Waals surface area contributed by atoms with Gasteiger partial charge < -0.3 is 18.8 Å². The van der Waals surface area contributed by atoms with E-state index in [-0.39, 0.29) is 17.8 Å². The number of methoxy groups -OCH3 is 1. The smallest absolute Gasteiger partial charge is 0.410 e. The summed E-state index contributed by atoms with van der Waals surface area (Å²) in [6.45, 7) is 6.76. The molecule has 0 aromatic carbocycles. The maximum absolute atomic E-state index is 12.6. The lowest BCUT2D eigenvalue weighted by atomic mass is 9.94. The van der Waals surface area contributed by atoms with Crippen LogP contribution in [0.15, 0.2) is 29.0 Å². The summed E-state index contributed by atoms with van der Waals surface area (Å²) in [7, 11) is 1.58. The standard InChI is InChI=1S/C22H26N4O5/c1-22(2,3)31-21(28)25-7-5-6-14(11-25)18-9-19(29-4)26-20(24-18)17(10-23-26)15-8-16(12-27)30-13-15/h8-10,12-14H,5-7,11H2,1-4H3. The van der Waals surface area contributed by atoms with Gasteiger partial charge in [0.25, 0.3) is 0 Å². The number of amides is 1. The van der Waals surface area contributed by atoms with Crippen molar-refractivity contribution in [3.63, 3.8) is 0 Å². The Morgan fingerprint density at radius 2 is 2.13 bits per heavy atom. The molecule has 0 N–H and O–H groups in total. The Labute approximate surface area is 179 Å². The van der Waals surface area contributed by atoms with Crippen molar-refractivity contribution < 1.29 is 23.5 Å². The highest BCUT2D eigenvalue weighted by molar-refractivity contribution is 5.81. The van der Waals surface area contributed by atoms with Gasteiger partial charge >= 0.3 is 6.09 Å². The average Bonchev–Trinajstić information content (AvgIpc) is 3.38. The Bertz CT molecular complexity index is 1110. The molecular weight excluding hydrogens is 400 g/mol. The molecule has 164 valence electrons. The van der Waals surface area contributed by atoms with E-state index in [1.807, 2.05) is 26.8 Å². The molecule has 9 heteroatoms. The van der Waals surface area contributed by atoms with Crippen molar-refractivity contribution >= 4 is 18.0 Å². The SMILES string of the molecule is COc1cc(C2CCCN(C(=O)OC(C)(C)C)C2)nc2c(-c3coc(C=O)c3)cnn12. The fraction of sp³-hybridized carbons (Fsp3) is 0.455. The summed E-state index contributed by atoms with van der Waals surface area (Å²) in [6, 6.07) is 3.51. The van der Waals surface area contributed by atoms with Gasteiger partial charge in [-0.1, -0.05) is 0 Å². The van der Waals surface area contributed by atoms with Crippen molar-refractivity contribution in [2.24, 2.45) is 0 Å². The largest absolute Gasteiger partial charge is 0.481 e. The number of piperidine rings is 1. The number of fused-ring (bicyclic) bond motifs is 1. The van der Waals surface area contributed by atoms with Crippen LogP contribution in [0.4, 0.5) is 4.79 Å². The lowest BCUT2D eigenvalue weighted by Gasteiger charge is -2.34. The van der Waals surface area contributed by atoms with Crippen molar-refractivity contribution in [1.82, 2.24) is 19.5 Å². The molecule has 1 atom stereocenters. The third-order valence-electron chi connectivity index (χ3n) is 5.21. The molecule has 0 saturated carbocycles. The first kappa shape index (κ1) is 20.9. The number of carbonyl (C=O) groups is 2. The number of ether oxygens (including phenoxy) is 2. The van der Waals surface area contributed by atoms with E-state index in [4.69, 9.17) is 18.9 Å². The summed E-state index contributed by atoms with van der Waals surface area (Å²) in [6.07, 6.45) is 5.28. The predicted octanol–water partition coefficient (Wildman–Crippen LogP) is 3.92. The van der Waals surface area contributed by atoms with Crippen molar-refractivity contribution in [3.05, 3.63) is 36.0 Å². The van der Waals surface area contributed by atoms with Crippen LogP contribution >= 0.6 is 0 Å². The molecule has 0 radical (unpaired) electrons. The number of aromatic nitrogens is 3. The van der Waals surface area contributed by atoms with E-state index in [1.165, 1.54) is 6.26 Å². The minimum absolute atomic E-state index is 0.0396. The van der Waals surface area contributed by atoms with Gasteiger partial charge in [-0.2, -0.15) is 9.61 Å². The fourth-order valence-corrected chi connectivity index (χ4v) is 3.78. The van der Waals surface area contributed by atoms with Crippen molar-refractivity contribution in [1.29, 1.82) is 0 Å². The van der Waals surface area contributed by atoms with Crippen molar-refractivity contribution in [2.45, 2.75) is 45.1 Å². The van der Waals surface area contributed by atoms with E-state index in [2.05, 4.69) is 5.10 Å². The number of likely N-dealkylation sites (tertiary alicyclic amines) is 1. The Morgan fingerprint density at radius 1 is 1.32 bits per heavy atom. The van der Waals surface area contributed by atoms with Gasteiger partial charge in [0.05, 0.1) is 25.3 Å². The zero-order valence-electron chi connectivity index (χ0n) is 18.1. The molecule has 1 unspecified atom stereocenters.